The standard InChI is InChI=1S/C20H20ClNO3/c1-23-17-10-15-13(18(21)20(17)24-2)6-8-22-11-16(15)14-5-3-4-12-7-9-25-19(12)14/h3-5,7,9-10,16,22H,6,8,11H2,1-2H3. The van der Waals surface area contributed by atoms with Crippen molar-refractivity contribution in [1.29, 1.82) is 0 Å². The number of halogens is 1. The number of hydrogen-bond donors (Lipinski definition) is 1. The number of benzene rings is 2. The fourth-order valence-corrected chi connectivity index (χ4v) is 4.08. The predicted octanol–water partition coefficient (Wildman–Crippen LogP) is 4.38. The molecule has 3 aromatic rings. The lowest BCUT2D eigenvalue weighted by molar-refractivity contribution is 0.354. The van der Waals surface area contributed by atoms with Gasteiger partial charge in [-0.3, -0.25) is 0 Å². The molecule has 0 bridgehead atoms. The number of nitrogens with one attached hydrogen (secondary N) is 1. The SMILES string of the molecule is COc1cc2c(c(Cl)c1OC)CCNCC2c1cccc2ccoc12. The number of para-hydroxylation sites is 1. The van der Waals surface area contributed by atoms with Crippen LogP contribution in [0.25, 0.3) is 11.0 Å². The summed E-state index contributed by atoms with van der Waals surface area (Å²) in [5, 5.41) is 5.26. The molecular formula is C20H20ClNO3. The van der Waals surface area contributed by atoms with E-state index < -0.39 is 0 Å². The Hall–Kier alpha value is -2.17. The van der Waals surface area contributed by atoms with E-state index >= 15 is 0 Å². The third-order valence-corrected chi connectivity index (χ3v) is 5.31. The quantitative estimate of drug-likeness (QED) is 0.755. The van der Waals surface area contributed by atoms with Crippen molar-refractivity contribution in [2.24, 2.45) is 0 Å². The first kappa shape index (κ1) is 16.3. The summed E-state index contributed by atoms with van der Waals surface area (Å²) in [6, 6.07) is 10.3. The largest absolute Gasteiger partial charge is 0.493 e. The smallest absolute Gasteiger partial charge is 0.179 e. The van der Waals surface area contributed by atoms with E-state index in [-0.39, 0.29) is 5.92 Å². The van der Waals surface area contributed by atoms with Crippen LogP contribution in [0, 0.1) is 0 Å². The fraction of sp³-hybridized carbons (Fsp3) is 0.300. The van der Waals surface area contributed by atoms with Gasteiger partial charge in [0.05, 0.1) is 25.5 Å². The van der Waals surface area contributed by atoms with E-state index in [2.05, 4.69) is 29.6 Å². The molecule has 0 radical (unpaired) electrons. The summed E-state index contributed by atoms with van der Waals surface area (Å²) in [4.78, 5) is 0. The van der Waals surface area contributed by atoms with Crippen LogP contribution < -0.4 is 14.8 Å². The highest BCUT2D eigenvalue weighted by molar-refractivity contribution is 6.33. The van der Waals surface area contributed by atoms with Crippen LogP contribution in [-0.4, -0.2) is 27.3 Å². The molecule has 0 aliphatic carbocycles. The zero-order valence-electron chi connectivity index (χ0n) is 14.3. The molecule has 0 saturated heterocycles. The Bertz CT molecular complexity index is 919. The number of furan rings is 1. The molecule has 0 saturated carbocycles. The number of ether oxygens (including phenoxy) is 2. The number of rotatable bonds is 3. The Balaban J connectivity index is 1.95. The van der Waals surface area contributed by atoms with Crippen LogP contribution in [0.2, 0.25) is 5.02 Å². The van der Waals surface area contributed by atoms with Gasteiger partial charge in [-0.2, -0.15) is 0 Å². The predicted molar refractivity (Wildman–Crippen MR) is 99.2 cm³/mol. The molecule has 0 fully saturated rings. The maximum absolute atomic E-state index is 6.68. The second-order valence-corrected chi connectivity index (χ2v) is 6.56. The highest BCUT2D eigenvalue weighted by atomic mass is 35.5. The van der Waals surface area contributed by atoms with Crippen molar-refractivity contribution < 1.29 is 13.9 Å². The van der Waals surface area contributed by atoms with Crippen molar-refractivity contribution in [3.8, 4) is 11.5 Å². The molecule has 1 unspecified atom stereocenters. The van der Waals surface area contributed by atoms with E-state index in [4.69, 9.17) is 25.5 Å². The first-order valence-corrected chi connectivity index (χ1v) is 8.72. The van der Waals surface area contributed by atoms with Crippen LogP contribution in [0.5, 0.6) is 11.5 Å². The summed E-state index contributed by atoms with van der Waals surface area (Å²) in [6.45, 7) is 1.69. The molecule has 4 rings (SSSR count). The van der Waals surface area contributed by atoms with E-state index in [1.165, 1.54) is 0 Å². The first-order valence-electron chi connectivity index (χ1n) is 8.34. The molecule has 25 heavy (non-hydrogen) atoms. The van der Waals surface area contributed by atoms with Gasteiger partial charge in [-0.1, -0.05) is 29.8 Å². The Morgan fingerprint density at radius 3 is 2.84 bits per heavy atom. The third-order valence-electron chi connectivity index (χ3n) is 4.91. The van der Waals surface area contributed by atoms with E-state index in [0.29, 0.717) is 16.5 Å². The Kier molecular flexibility index (Phi) is 4.32. The van der Waals surface area contributed by atoms with Gasteiger partial charge in [-0.25, -0.2) is 0 Å². The van der Waals surface area contributed by atoms with E-state index in [9.17, 15) is 0 Å². The van der Waals surface area contributed by atoms with E-state index in [1.54, 1.807) is 20.5 Å². The van der Waals surface area contributed by atoms with Gasteiger partial charge in [0.2, 0.25) is 0 Å². The normalized spacial score (nSPS) is 17.2. The second-order valence-electron chi connectivity index (χ2n) is 6.19. The van der Waals surface area contributed by atoms with Crippen LogP contribution in [0.15, 0.2) is 41.0 Å². The minimum atomic E-state index is 0.129. The van der Waals surface area contributed by atoms with Crippen molar-refractivity contribution in [3.05, 3.63) is 58.3 Å². The molecule has 1 aromatic heterocycles. The summed E-state index contributed by atoms with van der Waals surface area (Å²) in [5.41, 5.74) is 4.35. The first-order chi connectivity index (χ1) is 12.2. The van der Waals surface area contributed by atoms with E-state index in [1.807, 2.05) is 6.07 Å². The average Bonchev–Trinajstić information content (AvgIpc) is 3.01. The van der Waals surface area contributed by atoms with Gasteiger partial charge in [0.15, 0.2) is 11.5 Å². The van der Waals surface area contributed by atoms with Gasteiger partial charge in [-0.15, -0.1) is 0 Å². The summed E-state index contributed by atoms with van der Waals surface area (Å²) in [5.74, 6) is 1.38. The average molecular weight is 358 g/mol. The summed E-state index contributed by atoms with van der Waals surface area (Å²) >= 11 is 6.68. The number of methoxy groups -OCH3 is 2. The fourth-order valence-electron chi connectivity index (χ4n) is 3.71. The summed E-state index contributed by atoms with van der Waals surface area (Å²) in [7, 11) is 3.25. The van der Waals surface area contributed by atoms with E-state index in [0.717, 1.165) is 47.2 Å². The Labute approximate surface area is 151 Å². The minimum Gasteiger partial charge on any atom is -0.493 e. The van der Waals surface area contributed by atoms with Crippen LogP contribution in [0.4, 0.5) is 0 Å². The molecule has 1 atom stereocenters. The van der Waals surface area contributed by atoms with Gasteiger partial charge in [-0.05, 0) is 36.2 Å². The molecule has 5 heteroatoms. The molecule has 4 nitrogen and oxygen atoms in total. The van der Waals surface area contributed by atoms with Gasteiger partial charge < -0.3 is 19.2 Å². The zero-order chi connectivity index (χ0) is 17.4. The summed E-state index contributed by atoms with van der Waals surface area (Å²) < 4.78 is 16.8. The lowest BCUT2D eigenvalue weighted by Crippen LogP contribution is -2.21. The Morgan fingerprint density at radius 1 is 1.16 bits per heavy atom. The summed E-state index contributed by atoms with van der Waals surface area (Å²) in [6.07, 6.45) is 2.58. The van der Waals surface area contributed by atoms with Gasteiger partial charge >= 0.3 is 0 Å². The van der Waals surface area contributed by atoms with Crippen molar-refractivity contribution in [2.75, 3.05) is 27.3 Å². The molecular weight excluding hydrogens is 338 g/mol. The topological polar surface area (TPSA) is 43.6 Å². The molecule has 0 amide bonds. The Morgan fingerprint density at radius 2 is 2.04 bits per heavy atom. The highest BCUT2D eigenvalue weighted by Crippen LogP contribution is 2.44. The lowest BCUT2D eigenvalue weighted by atomic mass is 9.87. The maximum atomic E-state index is 6.68. The minimum absolute atomic E-state index is 0.129. The van der Waals surface area contributed by atoms with Gasteiger partial charge in [0.1, 0.15) is 5.58 Å². The third kappa shape index (κ3) is 2.66. The van der Waals surface area contributed by atoms with Crippen LogP contribution >= 0.6 is 11.6 Å². The molecule has 130 valence electrons. The van der Waals surface area contributed by atoms with Crippen LogP contribution in [0.1, 0.15) is 22.6 Å². The van der Waals surface area contributed by atoms with Crippen molar-refractivity contribution in [3.63, 3.8) is 0 Å². The number of fused-ring (bicyclic) bond motifs is 2. The van der Waals surface area contributed by atoms with Gasteiger partial charge in [0, 0.05) is 23.4 Å². The monoisotopic (exact) mass is 357 g/mol. The van der Waals surface area contributed by atoms with Crippen molar-refractivity contribution in [2.45, 2.75) is 12.3 Å². The van der Waals surface area contributed by atoms with Crippen LogP contribution in [0.3, 0.4) is 0 Å². The molecule has 2 heterocycles. The second kappa shape index (κ2) is 6.62. The molecule has 1 N–H and O–H groups in total. The molecule has 1 aliphatic rings. The number of hydrogen-bond acceptors (Lipinski definition) is 4. The van der Waals surface area contributed by atoms with Crippen molar-refractivity contribution in [1.82, 2.24) is 5.32 Å². The van der Waals surface area contributed by atoms with Crippen LogP contribution in [-0.2, 0) is 6.42 Å². The maximum Gasteiger partial charge on any atom is 0.179 e. The van der Waals surface area contributed by atoms with Crippen molar-refractivity contribution >= 4 is 22.6 Å². The highest BCUT2D eigenvalue weighted by Gasteiger charge is 2.28. The molecule has 1 aliphatic heterocycles. The lowest BCUT2D eigenvalue weighted by Gasteiger charge is -2.22. The zero-order valence-corrected chi connectivity index (χ0v) is 15.0. The molecule has 0 spiro atoms. The van der Waals surface area contributed by atoms with Gasteiger partial charge in [0.25, 0.3) is 0 Å². The molecule has 2 aromatic carbocycles.